The van der Waals surface area contributed by atoms with Gasteiger partial charge in [0.15, 0.2) is 0 Å². The summed E-state index contributed by atoms with van der Waals surface area (Å²) in [5.41, 5.74) is 0.538. The summed E-state index contributed by atoms with van der Waals surface area (Å²) in [6.07, 6.45) is 2.10. The molecule has 1 fully saturated rings. The molecule has 0 aliphatic carbocycles. The SMILES string of the molecule is CCCNc1cccc(C(=O)N2CCN(C)C(CC)C2)n1. The van der Waals surface area contributed by atoms with E-state index in [4.69, 9.17) is 0 Å². The van der Waals surface area contributed by atoms with E-state index in [0.717, 1.165) is 44.8 Å². The first-order chi connectivity index (χ1) is 10.2. The van der Waals surface area contributed by atoms with E-state index in [1.165, 1.54) is 0 Å². The predicted molar refractivity (Wildman–Crippen MR) is 85.6 cm³/mol. The van der Waals surface area contributed by atoms with Crippen LogP contribution in [0, 0.1) is 0 Å². The summed E-state index contributed by atoms with van der Waals surface area (Å²) in [6.45, 7) is 7.65. The second-order valence-corrected chi connectivity index (χ2v) is 5.63. The Labute approximate surface area is 127 Å². The molecule has 2 rings (SSSR count). The van der Waals surface area contributed by atoms with Gasteiger partial charge in [-0.25, -0.2) is 4.98 Å². The molecule has 1 aliphatic heterocycles. The molecular formula is C16H26N4O. The number of nitrogens with zero attached hydrogens (tertiary/aromatic N) is 3. The lowest BCUT2D eigenvalue weighted by atomic mass is 10.1. The number of hydrogen-bond donors (Lipinski definition) is 1. The maximum atomic E-state index is 12.6. The molecule has 0 saturated carbocycles. The molecular weight excluding hydrogens is 264 g/mol. The van der Waals surface area contributed by atoms with E-state index in [1.807, 2.05) is 17.0 Å². The summed E-state index contributed by atoms with van der Waals surface area (Å²) in [5.74, 6) is 0.825. The minimum Gasteiger partial charge on any atom is -0.370 e. The predicted octanol–water partition coefficient (Wildman–Crippen LogP) is 2.07. The van der Waals surface area contributed by atoms with Gasteiger partial charge in [0.25, 0.3) is 5.91 Å². The van der Waals surface area contributed by atoms with Crippen molar-refractivity contribution in [1.29, 1.82) is 0 Å². The zero-order valence-electron chi connectivity index (χ0n) is 13.3. The largest absolute Gasteiger partial charge is 0.370 e. The Balaban J connectivity index is 2.05. The fourth-order valence-corrected chi connectivity index (χ4v) is 2.64. The van der Waals surface area contributed by atoms with Crippen molar-refractivity contribution < 1.29 is 4.79 Å². The third-order valence-corrected chi connectivity index (χ3v) is 4.06. The smallest absolute Gasteiger partial charge is 0.272 e. The summed E-state index contributed by atoms with van der Waals surface area (Å²) in [7, 11) is 2.13. The zero-order valence-corrected chi connectivity index (χ0v) is 13.3. The van der Waals surface area contributed by atoms with Gasteiger partial charge in [-0.1, -0.05) is 19.9 Å². The van der Waals surface area contributed by atoms with Crippen LogP contribution in [0.5, 0.6) is 0 Å². The van der Waals surface area contributed by atoms with E-state index in [9.17, 15) is 4.79 Å². The lowest BCUT2D eigenvalue weighted by molar-refractivity contribution is 0.0536. The molecule has 1 aromatic heterocycles. The Morgan fingerprint density at radius 2 is 2.19 bits per heavy atom. The molecule has 116 valence electrons. The molecule has 21 heavy (non-hydrogen) atoms. The van der Waals surface area contributed by atoms with Crippen LogP contribution >= 0.6 is 0 Å². The molecule has 5 nitrogen and oxygen atoms in total. The summed E-state index contributed by atoms with van der Waals surface area (Å²) in [5, 5.41) is 3.23. The van der Waals surface area contributed by atoms with Gasteiger partial charge in [0.05, 0.1) is 0 Å². The van der Waals surface area contributed by atoms with Gasteiger partial charge in [0.1, 0.15) is 11.5 Å². The quantitative estimate of drug-likeness (QED) is 0.902. The van der Waals surface area contributed by atoms with Crippen LogP contribution in [0.1, 0.15) is 37.2 Å². The number of pyridine rings is 1. The van der Waals surface area contributed by atoms with E-state index in [1.54, 1.807) is 6.07 Å². The fourth-order valence-electron chi connectivity index (χ4n) is 2.64. The van der Waals surface area contributed by atoms with Gasteiger partial charge in [0.2, 0.25) is 0 Å². The van der Waals surface area contributed by atoms with E-state index < -0.39 is 0 Å². The molecule has 1 aromatic rings. The molecule has 1 saturated heterocycles. The molecule has 1 N–H and O–H groups in total. The highest BCUT2D eigenvalue weighted by Gasteiger charge is 2.27. The highest BCUT2D eigenvalue weighted by molar-refractivity contribution is 5.92. The van der Waals surface area contributed by atoms with Gasteiger partial charge < -0.3 is 10.2 Å². The number of piperazine rings is 1. The molecule has 0 radical (unpaired) electrons. The molecule has 1 amide bonds. The standard InChI is InChI=1S/C16H26N4O/c1-4-9-17-15-8-6-7-14(18-15)16(21)20-11-10-19(3)13(5-2)12-20/h6-8,13H,4-5,9-12H2,1-3H3,(H,17,18). The first-order valence-electron chi connectivity index (χ1n) is 7.86. The number of carbonyl (C=O) groups is 1. The lowest BCUT2D eigenvalue weighted by Crippen LogP contribution is -2.53. The van der Waals surface area contributed by atoms with Crippen LogP contribution in [0.2, 0.25) is 0 Å². The summed E-state index contributed by atoms with van der Waals surface area (Å²) >= 11 is 0. The van der Waals surface area contributed by atoms with Crippen molar-refractivity contribution in [2.45, 2.75) is 32.7 Å². The highest BCUT2D eigenvalue weighted by atomic mass is 16.2. The Morgan fingerprint density at radius 3 is 2.90 bits per heavy atom. The average Bonchev–Trinajstić information content (AvgIpc) is 2.53. The Kier molecular flexibility index (Phi) is 5.56. The zero-order chi connectivity index (χ0) is 15.2. The number of anilines is 1. The summed E-state index contributed by atoms with van der Waals surface area (Å²) < 4.78 is 0. The Hall–Kier alpha value is -1.62. The second kappa shape index (κ2) is 7.41. The molecule has 0 bridgehead atoms. The fraction of sp³-hybridized carbons (Fsp3) is 0.625. The molecule has 1 aliphatic rings. The van der Waals surface area contributed by atoms with Crippen molar-refractivity contribution in [3.8, 4) is 0 Å². The van der Waals surface area contributed by atoms with Crippen molar-refractivity contribution in [1.82, 2.24) is 14.8 Å². The van der Waals surface area contributed by atoms with Crippen LogP contribution in [-0.4, -0.2) is 60.0 Å². The number of hydrogen-bond acceptors (Lipinski definition) is 4. The number of nitrogens with one attached hydrogen (secondary N) is 1. The van der Waals surface area contributed by atoms with Gasteiger partial charge in [-0.2, -0.15) is 0 Å². The van der Waals surface area contributed by atoms with Gasteiger partial charge in [0, 0.05) is 32.2 Å². The van der Waals surface area contributed by atoms with E-state index in [-0.39, 0.29) is 5.91 Å². The molecule has 1 atom stereocenters. The number of likely N-dealkylation sites (N-methyl/N-ethyl adjacent to an activating group) is 1. The summed E-state index contributed by atoms with van der Waals surface area (Å²) in [6, 6.07) is 6.05. The minimum atomic E-state index is 0.0432. The molecule has 5 heteroatoms. The van der Waals surface area contributed by atoms with Crippen LogP contribution in [0.25, 0.3) is 0 Å². The van der Waals surface area contributed by atoms with Crippen molar-refractivity contribution in [3.05, 3.63) is 23.9 Å². The van der Waals surface area contributed by atoms with Gasteiger partial charge in [-0.05, 0) is 32.0 Å². The van der Waals surface area contributed by atoms with Crippen LogP contribution in [0.3, 0.4) is 0 Å². The molecule has 2 heterocycles. The third kappa shape index (κ3) is 3.94. The normalized spacial score (nSPS) is 19.6. The van der Waals surface area contributed by atoms with Crippen molar-refractivity contribution in [2.75, 3.05) is 38.5 Å². The number of carbonyl (C=O) groups excluding carboxylic acids is 1. The topological polar surface area (TPSA) is 48.5 Å². The van der Waals surface area contributed by atoms with Gasteiger partial charge >= 0.3 is 0 Å². The minimum absolute atomic E-state index is 0.0432. The Morgan fingerprint density at radius 1 is 1.38 bits per heavy atom. The first kappa shape index (κ1) is 15.8. The third-order valence-electron chi connectivity index (χ3n) is 4.06. The van der Waals surface area contributed by atoms with Crippen molar-refractivity contribution >= 4 is 11.7 Å². The Bertz CT molecular complexity index is 477. The number of amides is 1. The van der Waals surface area contributed by atoms with Gasteiger partial charge in [-0.15, -0.1) is 0 Å². The summed E-state index contributed by atoms with van der Waals surface area (Å²) in [4.78, 5) is 21.3. The number of rotatable bonds is 5. The van der Waals surface area contributed by atoms with Crippen LogP contribution in [0.15, 0.2) is 18.2 Å². The van der Waals surface area contributed by atoms with Crippen LogP contribution in [-0.2, 0) is 0 Å². The maximum absolute atomic E-state index is 12.6. The lowest BCUT2D eigenvalue weighted by Gasteiger charge is -2.39. The van der Waals surface area contributed by atoms with E-state index >= 15 is 0 Å². The highest BCUT2D eigenvalue weighted by Crippen LogP contribution is 2.14. The monoisotopic (exact) mass is 290 g/mol. The molecule has 1 unspecified atom stereocenters. The average molecular weight is 290 g/mol. The molecule has 0 spiro atoms. The van der Waals surface area contributed by atoms with Crippen LogP contribution in [0.4, 0.5) is 5.82 Å². The maximum Gasteiger partial charge on any atom is 0.272 e. The second-order valence-electron chi connectivity index (χ2n) is 5.63. The first-order valence-corrected chi connectivity index (χ1v) is 7.86. The molecule has 0 aromatic carbocycles. The van der Waals surface area contributed by atoms with Crippen LogP contribution < -0.4 is 5.32 Å². The van der Waals surface area contributed by atoms with Crippen molar-refractivity contribution in [2.24, 2.45) is 0 Å². The van der Waals surface area contributed by atoms with E-state index in [0.29, 0.717) is 11.7 Å². The number of aromatic nitrogens is 1. The van der Waals surface area contributed by atoms with Crippen molar-refractivity contribution in [3.63, 3.8) is 0 Å². The van der Waals surface area contributed by atoms with E-state index in [2.05, 4.69) is 36.1 Å². The van der Waals surface area contributed by atoms with Gasteiger partial charge in [-0.3, -0.25) is 9.69 Å².